The fourth-order valence-electron chi connectivity index (χ4n) is 3.06. The molecule has 1 atom stereocenters. The molecular weight excluding hydrogens is 291 g/mol. The number of nitrogens with one attached hydrogen (secondary N) is 1. The maximum atomic E-state index is 14.5. The highest BCUT2D eigenvalue weighted by atomic mass is 35.5. The summed E-state index contributed by atoms with van der Waals surface area (Å²) in [7, 11) is 1.61. The summed E-state index contributed by atoms with van der Waals surface area (Å²) in [6, 6.07) is 5.09. The van der Waals surface area contributed by atoms with Crippen molar-refractivity contribution in [2.75, 3.05) is 33.3 Å². The summed E-state index contributed by atoms with van der Waals surface area (Å²) >= 11 is 0. The van der Waals surface area contributed by atoms with Gasteiger partial charge in [0, 0.05) is 37.8 Å². The van der Waals surface area contributed by atoms with E-state index in [1.807, 2.05) is 6.07 Å². The van der Waals surface area contributed by atoms with Gasteiger partial charge in [-0.05, 0) is 17.5 Å². The van der Waals surface area contributed by atoms with Gasteiger partial charge in [-0.1, -0.05) is 26.8 Å². The lowest BCUT2D eigenvalue weighted by Crippen LogP contribution is -2.48. The third kappa shape index (κ3) is 4.09. The molecule has 1 saturated heterocycles. The van der Waals surface area contributed by atoms with Gasteiger partial charge in [-0.3, -0.25) is 4.90 Å². The van der Waals surface area contributed by atoms with Crippen LogP contribution in [-0.4, -0.2) is 38.2 Å². The molecule has 1 aliphatic rings. The predicted molar refractivity (Wildman–Crippen MR) is 86.8 cm³/mol. The molecule has 120 valence electrons. The van der Waals surface area contributed by atoms with E-state index >= 15 is 0 Å². The largest absolute Gasteiger partial charge is 0.496 e. The van der Waals surface area contributed by atoms with Gasteiger partial charge in [0.15, 0.2) is 0 Å². The van der Waals surface area contributed by atoms with Crippen molar-refractivity contribution >= 4 is 12.4 Å². The number of halogens is 2. The highest BCUT2D eigenvalue weighted by Crippen LogP contribution is 2.43. The van der Waals surface area contributed by atoms with E-state index in [0.717, 1.165) is 26.2 Å². The van der Waals surface area contributed by atoms with Gasteiger partial charge in [-0.25, -0.2) is 4.39 Å². The third-order valence-corrected chi connectivity index (χ3v) is 3.84. The van der Waals surface area contributed by atoms with Gasteiger partial charge in [0.2, 0.25) is 0 Å². The summed E-state index contributed by atoms with van der Waals surface area (Å²) in [5, 5.41) is 3.35. The Hall–Kier alpha value is -0.840. The van der Waals surface area contributed by atoms with E-state index in [4.69, 9.17) is 4.74 Å². The van der Waals surface area contributed by atoms with Crippen molar-refractivity contribution in [2.45, 2.75) is 26.8 Å². The highest BCUT2D eigenvalue weighted by molar-refractivity contribution is 5.85. The van der Waals surface area contributed by atoms with Gasteiger partial charge in [0.05, 0.1) is 7.11 Å². The fourth-order valence-corrected chi connectivity index (χ4v) is 3.06. The second-order valence-electron chi connectivity index (χ2n) is 6.41. The molecule has 1 fully saturated rings. The van der Waals surface area contributed by atoms with E-state index in [1.54, 1.807) is 13.2 Å². The number of methoxy groups -OCH3 is 1. The fraction of sp³-hybridized carbons (Fsp3) is 0.625. The first-order chi connectivity index (χ1) is 9.45. The number of benzene rings is 1. The molecule has 0 amide bonds. The zero-order valence-corrected chi connectivity index (χ0v) is 14.1. The highest BCUT2D eigenvalue weighted by Gasteiger charge is 2.36. The van der Waals surface area contributed by atoms with Crippen LogP contribution < -0.4 is 10.1 Å². The Morgan fingerprint density at radius 3 is 2.38 bits per heavy atom. The summed E-state index contributed by atoms with van der Waals surface area (Å²) in [4.78, 5) is 2.36. The number of hydrogen-bond donors (Lipinski definition) is 1. The van der Waals surface area contributed by atoms with Crippen LogP contribution >= 0.6 is 12.4 Å². The van der Waals surface area contributed by atoms with Crippen LogP contribution in [-0.2, 0) is 0 Å². The molecule has 3 nitrogen and oxygen atoms in total. The van der Waals surface area contributed by atoms with Crippen molar-refractivity contribution in [2.24, 2.45) is 5.41 Å². The van der Waals surface area contributed by atoms with Crippen LogP contribution in [0.25, 0.3) is 0 Å². The molecule has 2 rings (SSSR count). The van der Waals surface area contributed by atoms with E-state index in [9.17, 15) is 4.39 Å². The van der Waals surface area contributed by atoms with Crippen molar-refractivity contribution in [3.63, 3.8) is 0 Å². The Balaban J connectivity index is 0.00000220. The number of piperazine rings is 1. The van der Waals surface area contributed by atoms with E-state index < -0.39 is 0 Å². The predicted octanol–water partition coefficient (Wildman–Crippen LogP) is 3.25. The molecule has 0 aromatic heterocycles. The van der Waals surface area contributed by atoms with Crippen LogP contribution in [0, 0.1) is 11.2 Å². The molecule has 0 unspecified atom stereocenters. The van der Waals surface area contributed by atoms with Crippen LogP contribution in [0.1, 0.15) is 32.4 Å². The average Bonchev–Trinajstić information content (AvgIpc) is 2.40. The Labute approximate surface area is 133 Å². The minimum absolute atomic E-state index is 0. The molecular formula is C16H26ClFN2O. The van der Waals surface area contributed by atoms with Crippen molar-refractivity contribution in [1.82, 2.24) is 10.2 Å². The van der Waals surface area contributed by atoms with Gasteiger partial charge in [0.25, 0.3) is 0 Å². The first kappa shape index (κ1) is 18.2. The molecule has 1 N–H and O–H groups in total. The summed E-state index contributed by atoms with van der Waals surface area (Å²) in [6.45, 7) is 10.2. The Morgan fingerprint density at radius 1 is 1.24 bits per heavy atom. The van der Waals surface area contributed by atoms with Crippen LogP contribution in [0.5, 0.6) is 5.75 Å². The number of nitrogens with zero attached hydrogens (tertiary/aromatic N) is 1. The average molecular weight is 317 g/mol. The molecule has 1 aliphatic heterocycles. The maximum absolute atomic E-state index is 14.5. The molecule has 1 heterocycles. The monoisotopic (exact) mass is 316 g/mol. The standard InChI is InChI=1S/C16H25FN2O.ClH/c1-16(2,3)15(19-10-8-18-9-11-19)14-12(17)6-5-7-13(14)20-4;/h5-7,15,18H,8-11H2,1-4H3;1H/t15-;/m1./s1. The molecule has 0 aliphatic carbocycles. The lowest BCUT2D eigenvalue weighted by atomic mass is 9.80. The number of ether oxygens (including phenoxy) is 1. The molecule has 21 heavy (non-hydrogen) atoms. The van der Waals surface area contributed by atoms with Crippen molar-refractivity contribution in [3.8, 4) is 5.75 Å². The maximum Gasteiger partial charge on any atom is 0.131 e. The smallest absolute Gasteiger partial charge is 0.131 e. The van der Waals surface area contributed by atoms with E-state index in [0.29, 0.717) is 11.3 Å². The van der Waals surface area contributed by atoms with Crippen LogP contribution in [0.3, 0.4) is 0 Å². The second kappa shape index (κ2) is 7.43. The van der Waals surface area contributed by atoms with Crippen LogP contribution in [0.15, 0.2) is 18.2 Å². The zero-order chi connectivity index (χ0) is 14.8. The van der Waals surface area contributed by atoms with E-state index in [2.05, 4.69) is 31.0 Å². The zero-order valence-electron chi connectivity index (χ0n) is 13.3. The normalized spacial score (nSPS) is 18.0. The summed E-state index contributed by atoms with van der Waals surface area (Å²) in [5.74, 6) is 0.464. The lowest BCUT2D eigenvalue weighted by molar-refractivity contribution is 0.0812. The van der Waals surface area contributed by atoms with Crippen LogP contribution in [0.2, 0.25) is 0 Å². The molecule has 1 aromatic rings. The molecule has 0 saturated carbocycles. The quantitative estimate of drug-likeness (QED) is 0.926. The van der Waals surface area contributed by atoms with Gasteiger partial charge < -0.3 is 10.1 Å². The van der Waals surface area contributed by atoms with Crippen molar-refractivity contribution < 1.29 is 9.13 Å². The molecule has 0 radical (unpaired) electrons. The Morgan fingerprint density at radius 2 is 1.86 bits per heavy atom. The van der Waals surface area contributed by atoms with Gasteiger partial charge in [-0.2, -0.15) is 0 Å². The summed E-state index contributed by atoms with van der Waals surface area (Å²) < 4.78 is 19.9. The van der Waals surface area contributed by atoms with Gasteiger partial charge in [-0.15, -0.1) is 12.4 Å². The van der Waals surface area contributed by atoms with E-state index in [-0.39, 0.29) is 29.7 Å². The van der Waals surface area contributed by atoms with Gasteiger partial charge in [0.1, 0.15) is 11.6 Å². The number of hydrogen-bond acceptors (Lipinski definition) is 3. The topological polar surface area (TPSA) is 24.5 Å². The summed E-state index contributed by atoms with van der Waals surface area (Å²) in [5.41, 5.74) is 0.622. The third-order valence-electron chi connectivity index (χ3n) is 3.84. The minimum Gasteiger partial charge on any atom is -0.496 e. The van der Waals surface area contributed by atoms with Crippen molar-refractivity contribution in [3.05, 3.63) is 29.6 Å². The molecule has 0 bridgehead atoms. The van der Waals surface area contributed by atoms with Gasteiger partial charge >= 0.3 is 0 Å². The molecule has 0 spiro atoms. The Kier molecular flexibility index (Phi) is 6.44. The summed E-state index contributed by atoms with van der Waals surface area (Å²) in [6.07, 6.45) is 0. The number of rotatable bonds is 3. The van der Waals surface area contributed by atoms with E-state index in [1.165, 1.54) is 6.07 Å². The first-order valence-corrected chi connectivity index (χ1v) is 7.22. The van der Waals surface area contributed by atoms with Crippen LogP contribution in [0.4, 0.5) is 4.39 Å². The second-order valence-corrected chi connectivity index (χ2v) is 6.41. The SMILES string of the molecule is COc1cccc(F)c1[C@@H](N1CCNCC1)C(C)(C)C.Cl. The van der Waals surface area contributed by atoms with Crippen molar-refractivity contribution in [1.29, 1.82) is 0 Å². The first-order valence-electron chi connectivity index (χ1n) is 7.22. The molecule has 1 aromatic carbocycles. The Bertz CT molecular complexity index is 456. The molecule has 5 heteroatoms. The lowest BCUT2D eigenvalue weighted by Gasteiger charge is -2.43. The minimum atomic E-state index is -0.178.